The standard InChI is InChI=1S/C19H21N5O2/c1-3-14(20-19(26)21-16-10-6-4-8-13(16)2)12-24-18(25)15-9-5-7-11-17(15)22-23-24/h4-11,14H,3,12H2,1-2H3,(H2,20,21,26). The summed E-state index contributed by atoms with van der Waals surface area (Å²) >= 11 is 0. The predicted molar refractivity (Wildman–Crippen MR) is 101 cm³/mol. The fraction of sp³-hybridized carbons (Fsp3) is 0.263. The number of nitrogens with zero attached hydrogens (tertiary/aromatic N) is 3. The van der Waals surface area contributed by atoms with Gasteiger partial charge in [0, 0.05) is 5.69 Å². The summed E-state index contributed by atoms with van der Waals surface area (Å²) in [6, 6.07) is 14.1. The average Bonchev–Trinajstić information content (AvgIpc) is 2.65. The van der Waals surface area contributed by atoms with Crippen molar-refractivity contribution in [3.8, 4) is 0 Å². The Hall–Kier alpha value is -3.22. The SMILES string of the molecule is CCC(Cn1nnc2ccccc2c1=O)NC(=O)Nc1ccccc1C. The van der Waals surface area contributed by atoms with Crippen LogP contribution in [0, 0.1) is 6.92 Å². The van der Waals surface area contributed by atoms with E-state index in [1.54, 1.807) is 18.2 Å². The first-order valence-corrected chi connectivity index (χ1v) is 8.54. The summed E-state index contributed by atoms with van der Waals surface area (Å²) in [6.45, 7) is 4.13. The molecule has 1 aromatic heterocycles. The van der Waals surface area contributed by atoms with Crippen molar-refractivity contribution in [2.75, 3.05) is 5.32 Å². The molecule has 1 atom stereocenters. The molecule has 0 saturated carbocycles. The number of urea groups is 1. The molecular formula is C19H21N5O2. The minimum Gasteiger partial charge on any atom is -0.333 e. The highest BCUT2D eigenvalue weighted by Crippen LogP contribution is 2.13. The largest absolute Gasteiger partial charge is 0.333 e. The Morgan fingerprint density at radius 1 is 1.15 bits per heavy atom. The minimum absolute atomic E-state index is 0.213. The Kier molecular flexibility index (Phi) is 5.26. The number of carbonyl (C=O) groups is 1. The van der Waals surface area contributed by atoms with Gasteiger partial charge in [-0.2, -0.15) is 0 Å². The zero-order chi connectivity index (χ0) is 18.5. The maximum Gasteiger partial charge on any atom is 0.319 e. The van der Waals surface area contributed by atoms with Crippen LogP contribution in [0.15, 0.2) is 53.3 Å². The molecule has 0 aliphatic rings. The maximum absolute atomic E-state index is 12.5. The van der Waals surface area contributed by atoms with Crippen LogP contribution in [0.2, 0.25) is 0 Å². The Labute approximate surface area is 151 Å². The smallest absolute Gasteiger partial charge is 0.319 e. The van der Waals surface area contributed by atoms with Gasteiger partial charge in [0.15, 0.2) is 0 Å². The second kappa shape index (κ2) is 7.77. The number of carbonyl (C=O) groups excluding carboxylic acids is 1. The second-order valence-electron chi connectivity index (χ2n) is 6.11. The van der Waals surface area contributed by atoms with E-state index in [0.717, 1.165) is 11.3 Å². The van der Waals surface area contributed by atoms with Crippen molar-refractivity contribution in [2.45, 2.75) is 32.9 Å². The number of para-hydroxylation sites is 1. The molecule has 0 bridgehead atoms. The molecule has 2 aromatic carbocycles. The fourth-order valence-electron chi connectivity index (χ4n) is 2.69. The number of anilines is 1. The van der Waals surface area contributed by atoms with Gasteiger partial charge in [0.2, 0.25) is 0 Å². The summed E-state index contributed by atoms with van der Waals surface area (Å²) in [7, 11) is 0. The molecule has 2 amide bonds. The van der Waals surface area contributed by atoms with Crippen LogP contribution in [0.5, 0.6) is 0 Å². The minimum atomic E-state index is -0.312. The van der Waals surface area contributed by atoms with E-state index in [4.69, 9.17) is 0 Å². The normalized spacial score (nSPS) is 11.9. The number of hydrogen-bond donors (Lipinski definition) is 2. The van der Waals surface area contributed by atoms with E-state index in [1.165, 1.54) is 4.68 Å². The van der Waals surface area contributed by atoms with E-state index in [1.807, 2.05) is 44.2 Å². The monoisotopic (exact) mass is 351 g/mol. The molecule has 0 spiro atoms. The Bertz CT molecular complexity index is 983. The third-order valence-electron chi connectivity index (χ3n) is 4.24. The first kappa shape index (κ1) is 17.6. The summed E-state index contributed by atoms with van der Waals surface area (Å²) in [5.74, 6) is 0. The molecular weight excluding hydrogens is 330 g/mol. The van der Waals surface area contributed by atoms with Crippen LogP contribution in [0.3, 0.4) is 0 Å². The van der Waals surface area contributed by atoms with Crippen LogP contribution in [0.25, 0.3) is 10.9 Å². The molecule has 0 saturated heterocycles. The highest BCUT2D eigenvalue weighted by molar-refractivity contribution is 5.90. The van der Waals surface area contributed by atoms with E-state index in [0.29, 0.717) is 17.3 Å². The van der Waals surface area contributed by atoms with Crippen molar-refractivity contribution in [3.05, 3.63) is 64.4 Å². The molecule has 0 radical (unpaired) electrons. The number of hydrogen-bond acceptors (Lipinski definition) is 4. The maximum atomic E-state index is 12.5. The number of nitrogens with one attached hydrogen (secondary N) is 2. The van der Waals surface area contributed by atoms with Gasteiger partial charge >= 0.3 is 6.03 Å². The van der Waals surface area contributed by atoms with Crippen molar-refractivity contribution in [2.24, 2.45) is 0 Å². The highest BCUT2D eigenvalue weighted by Gasteiger charge is 2.14. The van der Waals surface area contributed by atoms with Gasteiger partial charge in [0.25, 0.3) is 5.56 Å². The van der Waals surface area contributed by atoms with Crippen LogP contribution in [0.1, 0.15) is 18.9 Å². The summed E-state index contributed by atoms with van der Waals surface area (Å²) in [5, 5.41) is 14.3. The summed E-state index contributed by atoms with van der Waals surface area (Å²) in [4.78, 5) is 24.8. The van der Waals surface area contributed by atoms with Crippen LogP contribution in [0.4, 0.5) is 10.5 Å². The van der Waals surface area contributed by atoms with Crippen LogP contribution < -0.4 is 16.2 Å². The molecule has 0 aliphatic carbocycles. The van der Waals surface area contributed by atoms with Gasteiger partial charge in [0.05, 0.1) is 18.0 Å². The lowest BCUT2D eigenvalue weighted by atomic mass is 10.2. The van der Waals surface area contributed by atoms with Gasteiger partial charge in [-0.3, -0.25) is 4.79 Å². The van der Waals surface area contributed by atoms with E-state index in [2.05, 4.69) is 20.9 Å². The lowest BCUT2D eigenvalue weighted by Crippen LogP contribution is -2.42. The topological polar surface area (TPSA) is 88.9 Å². The molecule has 7 nitrogen and oxygen atoms in total. The molecule has 1 heterocycles. The van der Waals surface area contributed by atoms with Gasteiger partial charge in [-0.1, -0.05) is 42.5 Å². The van der Waals surface area contributed by atoms with Gasteiger partial charge in [0.1, 0.15) is 5.52 Å². The van der Waals surface area contributed by atoms with E-state index in [-0.39, 0.29) is 24.2 Å². The summed E-state index contributed by atoms with van der Waals surface area (Å²) in [5.41, 5.74) is 2.08. The highest BCUT2D eigenvalue weighted by atomic mass is 16.2. The van der Waals surface area contributed by atoms with Crippen molar-refractivity contribution in [3.63, 3.8) is 0 Å². The molecule has 7 heteroatoms. The predicted octanol–water partition coefficient (Wildman–Crippen LogP) is 2.70. The lowest BCUT2D eigenvalue weighted by Gasteiger charge is -2.18. The molecule has 26 heavy (non-hydrogen) atoms. The van der Waals surface area contributed by atoms with Gasteiger partial charge in [-0.05, 0) is 37.1 Å². The second-order valence-corrected chi connectivity index (χ2v) is 6.11. The molecule has 3 aromatic rings. The third-order valence-corrected chi connectivity index (χ3v) is 4.24. The Balaban J connectivity index is 1.72. The van der Waals surface area contributed by atoms with Gasteiger partial charge in [-0.25, -0.2) is 9.48 Å². The zero-order valence-electron chi connectivity index (χ0n) is 14.8. The lowest BCUT2D eigenvalue weighted by molar-refractivity contribution is 0.245. The number of amides is 2. The number of rotatable bonds is 5. The number of aryl methyl sites for hydroxylation is 1. The van der Waals surface area contributed by atoms with Gasteiger partial charge < -0.3 is 10.6 Å². The summed E-state index contributed by atoms with van der Waals surface area (Å²) < 4.78 is 1.30. The van der Waals surface area contributed by atoms with Crippen LogP contribution in [-0.4, -0.2) is 27.1 Å². The molecule has 0 aliphatic heterocycles. The molecule has 3 rings (SSSR count). The van der Waals surface area contributed by atoms with Crippen molar-refractivity contribution < 1.29 is 4.79 Å². The van der Waals surface area contributed by atoms with Gasteiger partial charge in [-0.15, -0.1) is 5.10 Å². The summed E-state index contributed by atoms with van der Waals surface area (Å²) in [6.07, 6.45) is 0.655. The van der Waals surface area contributed by atoms with Crippen LogP contribution >= 0.6 is 0 Å². The third kappa shape index (κ3) is 3.88. The van der Waals surface area contributed by atoms with Crippen molar-refractivity contribution in [1.82, 2.24) is 20.3 Å². The number of benzene rings is 2. The Morgan fingerprint density at radius 3 is 2.65 bits per heavy atom. The van der Waals surface area contributed by atoms with Crippen molar-refractivity contribution in [1.29, 1.82) is 0 Å². The fourth-order valence-corrected chi connectivity index (χ4v) is 2.69. The quantitative estimate of drug-likeness (QED) is 0.740. The average molecular weight is 351 g/mol. The van der Waals surface area contributed by atoms with Crippen LogP contribution in [-0.2, 0) is 6.54 Å². The molecule has 1 unspecified atom stereocenters. The first-order valence-electron chi connectivity index (χ1n) is 8.54. The van der Waals surface area contributed by atoms with E-state index >= 15 is 0 Å². The number of aromatic nitrogens is 3. The first-order chi connectivity index (χ1) is 12.6. The van der Waals surface area contributed by atoms with E-state index < -0.39 is 0 Å². The zero-order valence-corrected chi connectivity index (χ0v) is 14.8. The number of fused-ring (bicyclic) bond motifs is 1. The molecule has 2 N–H and O–H groups in total. The van der Waals surface area contributed by atoms with Crippen molar-refractivity contribution >= 4 is 22.6 Å². The van der Waals surface area contributed by atoms with E-state index in [9.17, 15) is 9.59 Å². The molecule has 134 valence electrons. The molecule has 0 fully saturated rings. The Morgan fingerprint density at radius 2 is 1.88 bits per heavy atom.